The van der Waals surface area contributed by atoms with Gasteiger partial charge in [0.1, 0.15) is 29.5 Å². The number of hydrogen-bond acceptors (Lipinski definition) is 3. The van der Waals surface area contributed by atoms with E-state index in [1.807, 2.05) is 12.1 Å². The summed E-state index contributed by atoms with van der Waals surface area (Å²) in [6.45, 7) is 4.85. The molecule has 3 heteroatoms. The maximum atomic E-state index is 6.15. The van der Waals surface area contributed by atoms with E-state index in [1.54, 1.807) is 7.11 Å². The first-order chi connectivity index (χ1) is 8.61. The first-order valence-electron chi connectivity index (χ1n) is 6.33. The van der Waals surface area contributed by atoms with Gasteiger partial charge in [-0.25, -0.2) is 0 Å². The van der Waals surface area contributed by atoms with Crippen molar-refractivity contribution < 1.29 is 14.2 Å². The first-order valence-corrected chi connectivity index (χ1v) is 6.33. The molecule has 96 valence electrons. The quantitative estimate of drug-likeness (QED) is 0.761. The van der Waals surface area contributed by atoms with Gasteiger partial charge >= 0.3 is 0 Å². The lowest BCUT2D eigenvalue weighted by Crippen LogP contribution is -2.33. The number of ether oxygens (including phenoxy) is 3. The van der Waals surface area contributed by atoms with Gasteiger partial charge in [-0.2, -0.15) is 0 Å². The number of hydrogen-bond donors (Lipinski definition) is 0. The average Bonchev–Trinajstić information content (AvgIpc) is 2.36. The molecule has 0 amide bonds. The largest absolute Gasteiger partial charge is 0.496 e. The predicted molar refractivity (Wildman–Crippen MR) is 70.6 cm³/mol. The van der Waals surface area contributed by atoms with Crippen molar-refractivity contribution in [1.82, 2.24) is 0 Å². The molecule has 3 nitrogen and oxygen atoms in total. The second-order valence-electron chi connectivity index (χ2n) is 5.37. The lowest BCUT2D eigenvalue weighted by Gasteiger charge is -2.35. The molecule has 2 aliphatic heterocycles. The molecular weight excluding hydrogens is 228 g/mol. The van der Waals surface area contributed by atoms with Crippen LogP contribution in [0.15, 0.2) is 12.1 Å². The zero-order valence-electron chi connectivity index (χ0n) is 11.1. The highest BCUT2D eigenvalue weighted by Crippen LogP contribution is 2.46. The van der Waals surface area contributed by atoms with Crippen molar-refractivity contribution in [2.45, 2.75) is 32.3 Å². The minimum absolute atomic E-state index is 0.127. The standard InChI is InChI=1S/C15H18O3/c1-15(2)7-6-11-12(16-3)9-13-10(14(11)18-15)5-4-8-17-13/h4-5,9H,6-8H2,1-3H3. The fourth-order valence-corrected chi connectivity index (χ4v) is 2.54. The molecule has 0 aliphatic carbocycles. The zero-order chi connectivity index (χ0) is 12.8. The molecule has 0 saturated carbocycles. The SMILES string of the molecule is COc1cc2c(c3c1CCC(C)(C)O3)C=CCO2. The van der Waals surface area contributed by atoms with Crippen LogP contribution in [-0.2, 0) is 6.42 Å². The van der Waals surface area contributed by atoms with E-state index in [2.05, 4.69) is 19.9 Å². The fourth-order valence-electron chi connectivity index (χ4n) is 2.54. The summed E-state index contributed by atoms with van der Waals surface area (Å²) in [6, 6.07) is 1.97. The van der Waals surface area contributed by atoms with Gasteiger partial charge in [0.05, 0.1) is 12.7 Å². The normalized spacial score (nSPS) is 19.3. The Balaban J connectivity index is 2.19. The topological polar surface area (TPSA) is 27.7 Å². The van der Waals surface area contributed by atoms with Crippen molar-refractivity contribution in [3.8, 4) is 17.2 Å². The third-order valence-corrected chi connectivity index (χ3v) is 3.54. The molecule has 18 heavy (non-hydrogen) atoms. The van der Waals surface area contributed by atoms with E-state index in [0.717, 1.165) is 41.2 Å². The smallest absolute Gasteiger partial charge is 0.137 e. The van der Waals surface area contributed by atoms with E-state index in [4.69, 9.17) is 14.2 Å². The minimum atomic E-state index is -0.127. The summed E-state index contributed by atoms with van der Waals surface area (Å²) < 4.78 is 17.3. The maximum Gasteiger partial charge on any atom is 0.137 e. The van der Waals surface area contributed by atoms with Gasteiger partial charge in [0.2, 0.25) is 0 Å². The Morgan fingerprint density at radius 2 is 2.17 bits per heavy atom. The molecule has 1 aromatic rings. The molecule has 0 unspecified atom stereocenters. The van der Waals surface area contributed by atoms with Crippen LogP contribution < -0.4 is 14.2 Å². The molecular formula is C15H18O3. The Morgan fingerprint density at radius 1 is 1.33 bits per heavy atom. The lowest BCUT2D eigenvalue weighted by molar-refractivity contribution is 0.0827. The molecule has 0 bridgehead atoms. The van der Waals surface area contributed by atoms with Crippen LogP contribution >= 0.6 is 0 Å². The number of fused-ring (bicyclic) bond motifs is 3. The van der Waals surface area contributed by atoms with Gasteiger partial charge in [-0.3, -0.25) is 0 Å². The van der Waals surface area contributed by atoms with Gasteiger partial charge in [-0.15, -0.1) is 0 Å². The second-order valence-corrected chi connectivity index (χ2v) is 5.37. The number of methoxy groups -OCH3 is 1. The molecule has 0 aromatic heterocycles. The molecule has 0 spiro atoms. The van der Waals surface area contributed by atoms with E-state index in [-0.39, 0.29) is 5.60 Å². The van der Waals surface area contributed by atoms with Crippen molar-refractivity contribution in [3.05, 3.63) is 23.3 Å². The van der Waals surface area contributed by atoms with Crippen LogP contribution in [0.25, 0.3) is 6.08 Å². The monoisotopic (exact) mass is 246 g/mol. The van der Waals surface area contributed by atoms with Gasteiger partial charge in [0, 0.05) is 11.6 Å². The molecule has 0 N–H and O–H groups in total. The van der Waals surface area contributed by atoms with Gasteiger partial charge in [-0.1, -0.05) is 0 Å². The van der Waals surface area contributed by atoms with Gasteiger partial charge in [0.15, 0.2) is 0 Å². The summed E-state index contributed by atoms with van der Waals surface area (Å²) in [4.78, 5) is 0. The Hall–Kier alpha value is -1.64. The highest BCUT2D eigenvalue weighted by Gasteiger charge is 2.32. The fraction of sp³-hybridized carbons (Fsp3) is 0.467. The highest BCUT2D eigenvalue weighted by molar-refractivity contribution is 5.71. The highest BCUT2D eigenvalue weighted by atomic mass is 16.5. The first kappa shape index (κ1) is 11.5. The third kappa shape index (κ3) is 1.74. The van der Waals surface area contributed by atoms with Crippen LogP contribution in [0.1, 0.15) is 31.4 Å². The summed E-state index contributed by atoms with van der Waals surface area (Å²) >= 11 is 0. The van der Waals surface area contributed by atoms with Crippen molar-refractivity contribution in [3.63, 3.8) is 0 Å². The summed E-state index contributed by atoms with van der Waals surface area (Å²) in [7, 11) is 1.69. The molecule has 2 aliphatic rings. The molecule has 0 atom stereocenters. The zero-order valence-corrected chi connectivity index (χ0v) is 11.1. The maximum absolute atomic E-state index is 6.15. The van der Waals surface area contributed by atoms with Crippen LogP contribution in [0, 0.1) is 0 Å². The molecule has 3 rings (SSSR count). The molecule has 0 saturated heterocycles. The van der Waals surface area contributed by atoms with Gasteiger partial charge in [-0.05, 0) is 38.8 Å². The van der Waals surface area contributed by atoms with Gasteiger partial charge in [0.25, 0.3) is 0 Å². The third-order valence-electron chi connectivity index (χ3n) is 3.54. The second kappa shape index (κ2) is 3.94. The van der Waals surface area contributed by atoms with Crippen molar-refractivity contribution >= 4 is 6.08 Å². The summed E-state index contributed by atoms with van der Waals surface area (Å²) in [6.07, 6.45) is 6.07. The molecule has 0 fully saturated rings. The van der Waals surface area contributed by atoms with Crippen LogP contribution in [0.5, 0.6) is 17.2 Å². The summed E-state index contributed by atoms with van der Waals surface area (Å²) in [5.41, 5.74) is 2.08. The van der Waals surface area contributed by atoms with Gasteiger partial charge < -0.3 is 14.2 Å². The van der Waals surface area contributed by atoms with Crippen LogP contribution in [0.2, 0.25) is 0 Å². The van der Waals surface area contributed by atoms with E-state index >= 15 is 0 Å². The summed E-state index contributed by atoms with van der Waals surface area (Å²) in [5, 5.41) is 0. The average molecular weight is 246 g/mol. The predicted octanol–water partition coefficient (Wildman–Crippen LogP) is 3.20. The molecule has 0 radical (unpaired) electrons. The lowest BCUT2D eigenvalue weighted by atomic mass is 9.91. The van der Waals surface area contributed by atoms with E-state index in [1.165, 1.54) is 0 Å². The van der Waals surface area contributed by atoms with Crippen LogP contribution in [0.3, 0.4) is 0 Å². The van der Waals surface area contributed by atoms with E-state index in [9.17, 15) is 0 Å². The Bertz CT molecular complexity index is 515. The summed E-state index contributed by atoms with van der Waals surface area (Å²) in [5.74, 6) is 2.65. The van der Waals surface area contributed by atoms with E-state index < -0.39 is 0 Å². The number of benzene rings is 1. The Labute approximate surface area is 107 Å². The Morgan fingerprint density at radius 3 is 2.94 bits per heavy atom. The van der Waals surface area contributed by atoms with Crippen LogP contribution in [0.4, 0.5) is 0 Å². The van der Waals surface area contributed by atoms with Crippen LogP contribution in [-0.4, -0.2) is 19.3 Å². The van der Waals surface area contributed by atoms with Crippen molar-refractivity contribution in [1.29, 1.82) is 0 Å². The Kier molecular flexibility index (Phi) is 2.51. The van der Waals surface area contributed by atoms with Crippen molar-refractivity contribution in [2.75, 3.05) is 13.7 Å². The number of rotatable bonds is 1. The van der Waals surface area contributed by atoms with Crippen molar-refractivity contribution in [2.24, 2.45) is 0 Å². The van der Waals surface area contributed by atoms with E-state index in [0.29, 0.717) is 6.61 Å². The molecule has 2 heterocycles. The minimum Gasteiger partial charge on any atom is -0.496 e. The molecule has 1 aromatic carbocycles.